The fourth-order valence-corrected chi connectivity index (χ4v) is 4.83. The maximum atomic E-state index is 13.0. The Labute approximate surface area is 154 Å². The topological polar surface area (TPSA) is 75.7 Å². The van der Waals surface area contributed by atoms with Crippen LogP contribution in [0.1, 0.15) is 12.8 Å². The van der Waals surface area contributed by atoms with Crippen LogP contribution in [0.25, 0.3) is 10.8 Å². The van der Waals surface area contributed by atoms with Crippen molar-refractivity contribution in [1.29, 1.82) is 0 Å². The monoisotopic (exact) mass is 376 g/mol. The second kappa shape index (κ2) is 8.16. The highest BCUT2D eigenvalue weighted by atomic mass is 32.2. The number of sulfonamides is 1. The molecule has 0 saturated carbocycles. The fraction of sp³-hybridized carbons (Fsp3) is 0.421. The standard InChI is InChI=1S/C19H24N2O4S/c1-25-12-10-20-19(22)17-7-4-11-21(14-17)26(23,24)18-9-8-15-5-2-3-6-16(15)13-18/h2-3,5-6,8-9,13,17H,4,7,10-12,14H2,1H3,(H,20,22)/t17-/m0/s1. The van der Waals surface area contributed by atoms with Gasteiger partial charge in [-0.15, -0.1) is 0 Å². The molecule has 2 aromatic rings. The zero-order valence-corrected chi connectivity index (χ0v) is 15.7. The first kappa shape index (κ1) is 18.8. The van der Waals surface area contributed by atoms with E-state index in [0.717, 1.165) is 10.8 Å². The molecule has 26 heavy (non-hydrogen) atoms. The first-order chi connectivity index (χ1) is 12.5. The Kier molecular flexibility index (Phi) is 5.90. The number of fused-ring (bicyclic) bond motifs is 1. The molecule has 1 fully saturated rings. The zero-order chi connectivity index (χ0) is 18.6. The third-order valence-electron chi connectivity index (χ3n) is 4.72. The van der Waals surface area contributed by atoms with Crippen LogP contribution in [-0.4, -0.2) is 52.0 Å². The summed E-state index contributed by atoms with van der Waals surface area (Å²) in [6.45, 7) is 1.53. The van der Waals surface area contributed by atoms with Crippen molar-refractivity contribution in [1.82, 2.24) is 9.62 Å². The van der Waals surface area contributed by atoms with E-state index in [2.05, 4.69) is 5.32 Å². The molecule has 1 aliphatic rings. The molecule has 0 spiro atoms. The molecule has 6 nitrogen and oxygen atoms in total. The molecule has 2 aromatic carbocycles. The number of benzene rings is 2. The van der Waals surface area contributed by atoms with E-state index in [1.54, 1.807) is 19.2 Å². The maximum Gasteiger partial charge on any atom is 0.243 e. The Balaban J connectivity index is 1.76. The number of ether oxygens (including phenoxy) is 1. The highest BCUT2D eigenvalue weighted by molar-refractivity contribution is 7.89. The van der Waals surface area contributed by atoms with Crippen LogP contribution in [0.5, 0.6) is 0 Å². The summed E-state index contributed by atoms with van der Waals surface area (Å²) in [7, 11) is -2.04. The van der Waals surface area contributed by atoms with Gasteiger partial charge in [0.15, 0.2) is 0 Å². The molecule has 0 aliphatic carbocycles. The van der Waals surface area contributed by atoms with E-state index in [0.29, 0.717) is 32.5 Å². The number of methoxy groups -OCH3 is 1. The molecule has 1 amide bonds. The maximum absolute atomic E-state index is 13.0. The van der Waals surface area contributed by atoms with E-state index in [1.165, 1.54) is 4.31 Å². The number of carbonyl (C=O) groups excluding carboxylic acids is 1. The predicted molar refractivity (Wildman–Crippen MR) is 100 cm³/mol. The summed E-state index contributed by atoms with van der Waals surface area (Å²) in [6.07, 6.45) is 1.37. The Morgan fingerprint density at radius 3 is 2.77 bits per heavy atom. The van der Waals surface area contributed by atoms with Gasteiger partial charge in [-0.05, 0) is 35.7 Å². The minimum Gasteiger partial charge on any atom is -0.383 e. The van der Waals surface area contributed by atoms with Gasteiger partial charge >= 0.3 is 0 Å². The summed E-state index contributed by atoms with van der Waals surface area (Å²) in [4.78, 5) is 12.5. The van der Waals surface area contributed by atoms with Crippen LogP contribution in [0.3, 0.4) is 0 Å². The lowest BCUT2D eigenvalue weighted by atomic mass is 9.99. The molecule has 0 bridgehead atoms. The van der Waals surface area contributed by atoms with E-state index in [-0.39, 0.29) is 23.3 Å². The van der Waals surface area contributed by atoms with Gasteiger partial charge in [-0.2, -0.15) is 4.31 Å². The second-order valence-corrected chi connectivity index (χ2v) is 8.43. The lowest BCUT2D eigenvalue weighted by Gasteiger charge is -2.31. The average Bonchev–Trinajstić information content (AvgIpc) is 2.67. The highest BCUT2D eigenvalue weighted by Gasteiger charge is 2.33. The van der Waals surface area contributed by atoms with Gasteiger partial charge in [0.05, 0.1) is 17.4 Å². The van der Waals surface area contributed by atoms with Crippen LogP contribution in [0.4, 0.5) is 0 Å². The molecule has 3 rings (SSSR count). The largest absolute Gasteiger partial charge is 0.383 e. The summed E-state index contributed by atoms with van der Waals surface area (Å²) in [5, 5.41) is 4.69. The van der Waals surface area contributed by atoms with E-state index in [9.17, 15) is 13.2 Å². The number of amides is 1. The lowest BCUT2D eigenvalue weighted by molar-refractivity contribution is -0.126. The Hall–Kier alpha value is -1.96. The van der Waals surface area contributed by atoms with E-state index in [4.69, 9.17) is 4.74 Å². The quantitative estimate of drug-likeness (QED) is 0.783. The molecule has 1 atom stereocenters. The molecule has 0 unspecified atom stereocenters. The number of piperidine rings is 1. The zero-order valence-electron chi connectivity index (χ0n) is 14.8. The van der Waals surface area contributed by atoms with Gasteiger partial charge < -0.3 is 10.1 Å². The minimum absolute atomic E-state index is 0.111. The van der Waals surface area contributed by atoms with Crippen LogP contribution >= 0.6 is 0 Å². The first-order valence-corrected chi connectivity index (χ1v) is 10.2. The molecule has 0 radical (unpaired) electrons. The van der Waals surface area contributed by atoms with Crippen LogP contribution < -0.4 is 5.32 Å². The SMILES string of the molecule is COCCNC(=O)[C@H]1CCCN(S(=O)(=O)c2ccc3ccccc3c2)C1. The fourth-order valence-electron chi connectivity index (χ4n) is 3.27. The molecule has 1 aliphatic heterocycles. The first-order valence-electron chi connectivity index (χ1n) is 8.78. The van der Waals surface area contributed by atoms with Gasteiger partial charge in [0, 0.05) is 26.7 Å². The van der Waals surface area contributed by atoms with Crippen molar-refractivity contribution in [3.05, 3.63) is 42.5 Å². The number of hydrogen-bond acceptors (Lipinski definition) is 4. The van der Waals surface area contributed by atoms with Crippen molar-refractivity contribution >= 4 is 26.7 Å². The molecule has 0 aromatic heterocycles. The smallest absolute Gasteiger partial charge is 0.243 e. The van der Waals surface area contributed by atoms with Gasteiger partial charge in [0.25, 0.3) is 0 Å². The second-order valence-electron chi connectivity index (χ2n) is 6.49. The minimum atomic E-state index is -3.62. The Morgan fingerprint density at radius 1 is 1.23 bits per heavy atom. The molecule has 140 valence electrons. The van der Waals surface area contributed by atoms with Gasteiger partial charge in [-0.3, -0.25) is 4.79 Å². The van der Waals surface area contributed by atoms with Crippen LogP contribution in [0.2, 0.25) is 0 Å². The number of hydrogen-bond donors (Lipinski definition) is 1. The number of nitrogens with zero attached hydrogens (tertiary/aromatic N) is 1. The molecule has 1 saturated heterocycles. The number of rotatable bonds is 6. The molecular formula is C19H24N2O4S. The summed E-state index contributed by atoms with van der Waals surface area (Å²) in [5.74, 6) is -0.434. The average molecular weight is 376 g/mol. The molecule has 1 N–H and O–H groups in total. The van der Waals surface area contributed by atoms with Crippen LogP contribution in [-0.2, 0) is 19.6 Å². The Morgan fingerprint density at radius 2 is 2.00 bits per heavy atom. The number of nitrogens with one attached hydrogen (secondary N) is 1. The molecule has 7 heteroatoms. The van der Waals surface area contributed by atoms with Crippen molar-refractivity contribution in [3.63, 3.8) is 0 Å². The van der Waals surface area contributed by atoms with Gasteiger partial charge in [-0.25, -0.2) is 8.42 Å². The summed E-state index contributed by atoms with van der Waals surface area (Å²) in [6, 6.07) is 12.8. The van der Waals surface area contributed by atoms with E-state index < -0.39 is 10.0 Å². The predicted octanol–water partition coefficient (Wildman–Crippen LogP) is 2.00. The van der Waals surface area contributed by atoms with E-state index in [1.807, 2.05) is 30.3 Å². The van der Waals surface area contributed by atoms with Crippen molar-refractivity contribution in [3.8, 4) is 0 Å². The van der Waals surface area contributed by atoms with Gasteiger partial charge in [-0.1, -0.05) is 30.3 Å². The van der Waals surface area contributed by atoms with Gasteiger partial charge in [0.2, 0.25) is 15.9 Å². The van der Waals surface area contributed by atoms with Crippen molar-refractivity contribution < 1.29 is 17.9 Å². The van der Waals surface area contributed by atoms with Crippen molar-refractivity contribution in [2.45, 2.75) is 17.7 Å². The summed E-state index contributed by atoms with van der Waals surface area (Å²) >= 11 is 0. The van der Waals surface area contributed by atoms with Gasteiger partial charge in [0.1, 0.15) is 0 Å². The highest BCUT2D eigenvalue weighted by Crippen LogP contribution is 2.26. The normalized spacial score (nSPS) is 18.7. The molecular weight excluding hydrogens is 352 g/mol. The van der Waals surface area contributed by atoms with Crippen LogP contribution in [0.15, 0.2) is 47.4 Å². The lowest BCUT2D eigenvalue weighted by Crippen LogP contribution is -2.45. The van der Waals surface area contributed by atoms with Crippen LogP contribution in [0, 0.1) is 5.92 Å². The third-order valence-corrected chi connectivity index (χ3v) is 6.58. The number of carbonyl (C=O) groups is 1. The van der Waals surface area contributed by atoms with E-state index >= 15 is 0 Å². The summed E-state index contributed by atoms with van der Waals surface area (Å²) in [5.41, 5.74) is 0. The van der Waals surface area contributed by atoms with Crippen molar-refractivity contribution in [2.75, 3.05) is 33.4 Å². The summed E-state index contributed by atoms with van der Waals surface area (Å²) < 4.78 is 32.4. The Bertz CT molecular complexity index is 882. The third kappa shape index (κ3) is 4.06. The molecule has 1 heterocycles. The van der Waals surface area contributed by atoms with Crippen molar-refractivity contribution in [2.24, 2.45) is 5.92 Å².